The maximum absolute atomic E-state index is 14.3. The van der Waals surface area contributed by atoms with Crippen molar-refractivity contribution in [3.63, 3.8) is 0 Å². The SMILES string of the molecule is Cc1cc(Nc2cc(-c3ccc4cc(C#N)cnn34)ncc2C(=O)NC[C@@H](F)C(C)(C)O)ccc1C(N)=O. The largest absolute Gasteiger partial charge is 0.387 e. The number of aryl methyl sites for hydroxylation is 1. The fraction of sp³-hybridized carbons (Fsp3) is 0.222. The van der Waals surface area contributed by atoms with Gasteiger partial charge in [0.15, 0.2) is 0 Å². The van der Waals surface area contributed by atoms with Gasteiger partial charge in [0.2, 0.25) is 5.91 Å². The Balaban J connectivity index is 1.73. The Hall–Kier alpha value is -4.82. The molecule has 0 radical (unpaired) electrons. The summed E-state index contributed by atoms with van der Waals surface area (Å²) in [5.41, 5.74) is 8.07. The van der Waals surface area contributed by atoms with Crippen molar-refractivity contribution in [2.75, 3.05) is 11.9 Å². The number of nitrogens with zero attached hydrogens (tertiary/aromatic N) is 4. The minimum atomic E-state index is -1.68. The summed E-state index contributed by atoms with van der Waals surface area (Å²) in [6, 6.07) is 13.9. The molecule has 0 saturated heterocycles. The van der Waals surface area contributed by atoms with E-state index in [2.05, 4.69) is 26.8 Å². The Morgan fingerprint density at radius 1 is 1.18 bits per heavy atom. The zero-order valence-electron chi connectivity index (χ0n) is 21.0. The number of nitrogens with one attached hydrogen (secondary N) is 2. The summed E-state index contributed by atoms with van der Waals surface area (Å²) in [6.07, 6.45) is 1.12. The van der Waals surface area contributed by atoms with Crippen LogP contribution in [-0.2, 0) is 0 Å². The van der Waals surface area contributed by atoms with Crippen LogP contribution in [0.3, 0.4) is 0 Å². The Morgan fingerprint density at radius 2 is 1.95 bits per heavy atom. The highest BCUT2D eigenvalue weighted by Crippen LogP contribution is 2.28. The number of carbonyl (C=O) groups is 2. The van der Waals surface area contributed by atoms with Crippen LogP contribution in [0.25, 0.3) is 16.9 Å². The first kappa shape index (κ1) is 26.2. The van der Waals surface area contributed by atoms with Gasteiger partial charge in [0, 0.05) is 17.4 Å². The van der Waals surface area contributed by atoms with Crippen molar-refractivity contribution >= 4 is 28.7 Å². The molecule has 0 fully saturated rings. The van der Waals surface area contributed by atoms with Gasteiger partial charge in [0.05, 0.1) is 52.1 Å². The zero-order valence-corrected chi connectivity index (χ0v) is 21.0. The predicted molar refractivity (Wildman–Crippen MR) is 140 cm³/mol. The first-order valence-electron chi connectivity index (χ1n) is 11.7. The van der Waals surface area contributed by atoms with Gasteiger partial charge in [-0.3, -0.25) is 14.6 Å². The molecular formula is C27H26FN7O3. The summed E-state index contributed by atoms with van der Waals surface area (Å²) < 4.78 is 15.9. The van der Waals surface area contributed by atoms with Gasteiger partial charge >= 0.3 is 0 Å². The Bertz CT molecular complexity index is 1580. The van der Waals surface area contributed by atoms with Crippen molar-refractivity contribution in [2.24, 2.45) is 5.73 Å². The minimum absolute atomic E-state index is 0.133. The molecule has 10 nitrogen and oxygen atoms in total. The molecule has 3 aromatic heterocycles. The zero-order chi connectivity index (χ0) is 27.6. The second-order valence-corrected chi connectivity index (χ2v) is 9.38. The number of alkyl halides is 1. The van der Waals surface area contributed by atoms with E-state index in [4.69, 9.17) is 11.0 Å². The second-order valence-electron chi connectivity index (χ2n) is 9.38. The van der Waals surface area contributed by atoms with Gasteiger partial charge in [0.1, 0.15) is 12.2 Å². The number of hydrogen-bond acceptors (Lipinski definition) is 7. The number of fused-ring (bicyclic) bond motifs is 1. The third-order valence-electron chi connectivity index (χ3n) is 6.02. The van der Waals surface area contributed by atoms with Crippen LogP contribution >= 0.6 is 0 Å². The van der Waals surface area contributed by atoms with Crippen LogP contribution in [0.4, 0.5) is 15.8 Å². The van der Waals surface area contributed by atoms with Crippen molar-refractivity contribution < 1.29 is 19.1 Å². The van der Waals surface area contributed by atoms with E-state index in [9.17, 15) is 19.1 Å². The number of hydrogen-bond donors (Lipinski definition) is 4. The molecule has 0 aliphatic rings. The summed E-state index contributed by atoms with van der Waals surface area (Å²) in [7, 11) is 0. The van der Waals surface area contributed by atoms with Crippen molar-refractivity contribution in [3.8, 4) is 17.5 Å². The average Bonchev–Trinajstić information content (AvgIpc) is 3.29. The quantitative estimate of drug-likeness (QED) is 0.280. The molecule has 11 heteroatoms. The molecule has 2 amide bonds. The summed E-state index contributed by atoms with van der Waals surface area (Å²) in [6.45, 7) is 3.98. The normalized spacial score (nSPS) is 12.1. The lowest BCUT2D eigenvalue weighted by Crippen LogP contribution is -2.42. The van der Waals surface area contributed by atoms with Crippen molar-refractivity contribution in [1.29, 1.82) is 5.26 Å². The molecule has 194 valence electrons. The maximum Gasteiger partial charge on any atom is 0.255 e. The Morgan fingerprint density at radius 3 is 2.61 bits per heavy atom. The number of aliphatic hydroxyl groups is 1. The van der Waals surface area contributed by atoms with Crippen molar-refractivity contribution in [3.05, 3.63) is 77.1 Å². The van der Waals surface area contributed by atoms with Crippen LogP contribution in [0.2, 0.25) is 0 Å². The average molecular weight is 516 g/mol. The number of benzene rings is 1. The van der Waals surface area contributed by atoms with E-state index in [0.29, 0.717) is 45.0 Å². The number of carbonyl (C=O) groups excluding carboxylic acids is 2. The summed E-state index contributed by atoms with van der Waals surface area (Å²) >= 11 is 0. The summed E-state index contributed by atoms with van der Waals surface area (Å²) in [5, 5.41) is 29.0. The number of nitrogens with two attached hydrogens (primary N) is 1. The standard InChI is InChI=1S/C27H26FN7O3/c1-15-8-17(4-6-19(15)25(30)36)34-21-10-22(23-7-5-18-9-16(11-29)12-33-35(18)23)31-13-20(21)26(37)32-14-24(28)27(2,3)38/h4-10,12-13,24,38H,14H2,1-3H3,(H2,30,36)(H,31,34)(H,32,37)/t24-/m1/s1. The number of aromatic nitrogens is 3. The third-order valence-corrected chi connectivity index (χ3v) is 6.02. The molecule has 38 heavy (non-hydrogen) atoms. The van der Waals surface area contributed by atoms with Crippen molar-refractivity contribution in [2.45, 2.75) is 32.5 Å². The number of anilines is 2. The topological polar surface area (TPSA) is 158 Å². The van der Waals surface area contributed by atoms with Gasteiger partial charge in [-0.05, 0) is 68.8 Å². The number of pyridine rings is 1. The number of nitriles is 1. The molecule has 1 aromatic carbocycles. The summed E-state index contributed by atoms with van der Waals surface area (Å²) in [5.74, 6) is -1.15. The van der Waals surface area contributed by atoms with Crippen LogP contribution in [0.1, 0.15) is 45.7 Å². The molecule has 0 saturated carbocycles. The third kappa shape index (κ3) is 5.45. The first-order valence-corrected chi connectivity index (χ1v) is 11.7. The lowest BCUT2D eigenvalue weighted by molar-refractivity contribution is -0.00177. The van der Waals surface area contributed by atoms with Crippen LogP contribution in [0, 0.1) is 18.3 Å². The van der Waals surface area contributed by atoms with Crippen LogP contribution in [0.5, 0.6) is 0 Å². The molecular weight excluding hydrogens is 489 g/mol. The maximum atomic E-state index is 14.3. The van der Waals surface area contributed by atoms with Gasteiger partial charge in [-0.15, -0.1) is 0 Å². The van der Waals surface area contributed by atoms with E-state index >= 15 is 0 Å². The number of primary amides is 1. The molecule has 0 aliphatic carbocycles. The van der Waals surface area contributed by atoms with E-state index in [1.807, 2.05) is 0 Å². The van der Waals surface area contributed by atoms with Gasteiger partial charge in [0.25, 0.3) is 5.91 Å². The fourth-order valence-electron chi connectivity index (χ4n) is 3.83. The monoisotopic (exact) mass is 515 g/mol. The molecule has 0 aliphatic heterocycles. The highest BCUT2D eigenvalue weighted by molar-refractivity contribution is 6.01. The predicted octanol–water partition coefficient (Wildman–Crippen LogP) is 3.26. The first-order chi connectivity index (χ1) is 18.0. The van der Waals surface area contributed by atoms with Gasteiger partial charge in [-0.25, -0.2) is 8.91 Å². The van der Waals surface area contributed by atoms with Crippen molar-refractivity contribution in [1.82, 2.24) is 19.9 Å². The minimum Gasteiger partial charge on any atom is -0.387 e. The highest BCUT2D eigenvalue weighted by Gasteiger charge is 2.27. The van der Waals surface area contributed by atoms with Gasteiger partial charge in [-0.2, -0.15) is 10.4 Å². The fourth-order valence-corrected chi connectivity index (χ4v) is 3.83. The second kappa shape index (κ2) is 10.3. The molecule has 3 heterocycles. The van der Waals surface area contributed by atoms with Gasteiger partial charge in [-0.1, -0.05) is 0 Å². The lowest BCUT2D eigenvalue weighted by Gasteiger charge is -2.22. The number of rotatable bonds is 8. The van der Waals surface area contributed by atoms with Gasteiger partial charge < -0.3 is 21.5 Å². The summed E-state index contributed by atoms with van der Waals surface area (Å²) in [4.78, 5) is 29.1. The molecule has 0 unspecified atom stereocenters. The molecule has 4 aromatic rings. The Kier molecular flexibility index (Phi) is 7.10. The lowest BCUT2D eigenvalue weighted by atomic mass is 10.0. The number of amides is 2. The molecule has 0 bridgehead atoms. The Labute approximate surface area is 217 Å². The van der Waals surface area contributed by atoms with Crippen LogP contribution in [-0.4, -0.2) is 49.8 Å². The molecule has 1 atom stereocenters. The van der Waals surface area contributed by atoms with E-state index in [1.165, 1.54) is 26.2 Å². The van der Waals surface area contributed by atoms with Crippen LogP contribution in [0.15, 0.2) is 54.9 Å². The van der Waals surface area contributed by atoms with E-state index in [0.717, 1.165) is 0 Å². The smallest absolute Gasteiger partial charge is 0.255 e. The molecule has 0 spiro atoms. The number of halogens is 1. The highest BCUT2D eigenvalue weighted by atomic mass is 19.1. The molecule has 5 N–H and O–H groups in total. The van der Waals surface area contributed by atoms with E-state index in [1.54, 1.807) is 53.9 Å². The van der Waals surface area contributed by atoms with E-state index in [-0.39, 0.29) is 5.56 Å². The molecule has 4 rings (SSSR count). The van der Waals surface area contributed by atoms with Crippen LogP contribution < -0.4 is 16.4 Å². The van der Waals surface area contributed by atoms with E-state index < -0.39 is 30.1 Å².